The van der Waals surface area contributed by atoms with E-state index < -0.39 is 0 Å². The van der Waals surface area contributed by atoms with Crippen molar-refractivity contribution in [3.05, 3.63) is 42.0 Å². The minimum atomic E-state index is 0.633. The molecule has 0 aromatic carbocycles. The first-order chi connectivity index (χ1) is 8.65. The number of hydrogen-bond acceptors (Lipinski definition) is 2. The van der Waals surface area contributed by atoms with Gasteiger partial charge in [-0.3, -0.25) is 4.68 Å². The maximum absolute atomic E-state index is 4.54. The molecule has 2 aromatic heterocycles. The summed E-state index contributed by atoms with van der Waals surface area (Å²) in [7, 11) is 2.06. The number of hydrogen-bond donors (Lipinski definition) is 1. The van der Waals surface area contributed by atoms with E-state index in [4.69, 9.17) is 0 Å². The van der Waals surface area contributed by atoms with Crippen LogP contribution in [0.3, 0.4) is 0 Å². The fourth-order valence-electron chi connectivity index (χ4n) is 1.97. The molecule has 0 aliphatic carbocycles. The van der Waals surface area contributed by atoms with E-state index in [9.17, 15) is 0 Å². The molecule has 2 heterocycles. The summed E-state index contributed by atoms with van der Waals surface area (Å²) in [6, 6.07) is 6.28. The second-order valence-corrected chi connectivity index (χ2v) is 5.14. The number of aryl methyl sites for hydroxylation is 1. The molecule has 98 valence electrons. The number of nitrogens with one attached hydrogen (secondary N) is 1. The summed E-state index contributed by atoms with van der Waals surface area (Å²) in [6.45, 7) is 7.08. The standard InChI is InChI=1S/C14H22N4/c1-12(2)11-18-8-6-13(16-18)9-15-10-14-5-4-7-17(14)3/h4-8,12,15H,9-11H2,1-3H3. The van der Waals surface area contributed by atoms with Gasteiger partial charge in [-0.2, -0.15) is 5.10 Å². The molecular formula is C14H22N4. The average Bonchev–Trinajstić information content (AvgIpc) is 2.89. The third kappa shape index (κ3) is 3.47. The quantitative estimate of drug-likeness (QED) is 0.847. The van der Waals surface area contributed by atoms with Crippen LogP contribution in [0.1, 0.15) is 25.2 Å². The number of nitrogens with zero attached hydrogens (tertiary/aromatic N) is 3. The highest BCUT2D eigenvalue weighted by molar-refractivity contribution is 5.06. The monoisotopic (exact) mass is 246 g/mol. The Bertz CT molecular complexity index is 481. The summed E-state index contributed by atoms with van der Waals surface area (Å²) in [6.07, 6.45) is 4.12. The van der Waals surface area contributed by atoms with Crippen LogP contribution in [-0.2, 0) is 26.7 Å². The van der Waals surface area contributed by atoms with E-state index >= 15 is 0 Å². The zero-order chi connectivity index (χ0) is 13.0. The van der Waals surface area contributed by atoms with Crippen molar-refractivity contribution in [1.82, 2.24) is 19.7 Å². The molecule has 4 heteroatoms. The van der Waals surface area contributed by atoms with Crippen LogP contribution in [0.15, 0.2) is 30.6 Å². The third-order valence-corrected chi connectivity index (χ3v) is 2.91. The molecule has 0 amide bonds. The van der Waals surface area contributed by atoms with Crippen molar-refractivity contribution < 1.29 is 0 Å². The molecular weight excluding hydrogens is 224 g/mol. The second-order valence-electron chi connectivity index (χ2n) is 5.14. The fraction of sp³-hybridized carbons (Fsp3) is 0.500. The van der Waals surface area contributed by atoms with Gasteiger partial charge in [-0.15, -0.1) is 0 Å². The van der Waals surface area contributed by atoms with E-state index in [1.807, 2.05) is 4.68 Å². The number of aromatic nitrogens is 3. The van der Waals surface area contributed by atoms with Crippen molar-refractivity contribution in [2.75, 3.05) is 0 Å². The first kappa shape index (κ1) is 12.9. The Labute approximate surface area is 109 Å². The Balaban J connectivity index is 1.80. The predicted molar refractivity (Wildman–Crippen MR) is 73.0 cm³/mol. The molecule has 0 aliphatic rings. The maximum Gasteiger partial charge on any atom is 0.0762 e. The van der Waals surface area contributed by atoms with Gasteiger partial charge >= 0.3 is 0 Å². The first-order valence-corrected chi connectivity index (χ1v) is 6.48. The summed E-state index contributed by atoms with van der Waals surface area (Å²) in [5.74, 6) is 0.633. The van der Waals surface area contributed by atoms with Crippen LogP contribution in [0.25, 0.3) is 0 Å². The van der Waals surface area contributed by atoms with Crippen LogP contribution >= 0.6 is 0 Å². The smallest absolute Gasteiger partial charge is 0.0762 e. The summed E-state index contributed by atoms with van der Waals surface area (Å²) in [5.41, 5.74) is 2.39. The van der Waals surface area contributed by atoms with Crippen molar-refractivity contribution in [3.63, 3.8) is 0 Å². The third-order valence-electron chi connectivity index (χ3n) is 2.91. The minimum absolute atomic E-state index is 0.633. The Morgan fingerprint density at radius 2 is 2.06 bits per heavy atom. The van der Waals surface area contributed by atoms with Crippen LogP contribution in [0.5, 0.6) is 0 Å². The average molecular weight is 246 g/mol. The zero-order valence-electron chi connectivity index (χ0n) is 11.4. The Morgan fingerprint density at radius 1 is 1.22 bits per heavy atom. The maximum atomic E-state index is 4.54. The van der Waals surface area contributed by atoms with Crippen molar-refractivity contribution in [2.45, 2.75) is 33.5 Å². The summed E-state index contributed by atoms with van der Waals surface area (Å²) < 4.78 is 4.15. The van der Waals surface area contributed by atoms with E-state index in [-0.39, 0.29) is 0 Å². The van der Waals surface area contributed by atoms with Crippen molar-refractivity contribution in [2.24, 2.45) is 13.0 Å². The van der Waals surface area contributed by atoms with Crippen LogP contribution in [0, 0.1) is 5.92 Å². The molecule has 0 atom stereocenters. The van der Waals surface area contributed by atoms with Gasteiger partial charge in [-0.25, -0.2) is 0 Å². The van der Waals surface area contributed by atoms with Gasteiger partial charge in [0, 0.05) is 44.8 Å². The lowest BCUT2D eigenvalue weighted by Crippen LogP contribution is -2.15. The highest BCUT2D eigenvalue weighted by Gasteiger charge is 2.01. The lowest BCUT2D eigenvalue weighted by atomic mass is 10.2. The molecule has 0 unspecified atom stereocenters. The topological polar surface area (TPSA) is 34.8 Å². The summed E-state index contributed by atoms with van der Waals surface area (Å²) >= 11 is 0. The first-order valence-electron chi connectivity index (χ1n) is 6.48. The Kier molecular flexibility index (Phi) is 4.20. The molecule has 0 saturated heterocycles. The molecule has 0 fully saturated rings. The lowest BCUT2D eigenvalue weighted by molar-refractivity contribution is 0.477. The normalized spacial score (nSPS) is 11.3. The van der Waals surface area contributed by atoms with Crippen LogP contribution < -0.4 is 5.32 Å². The molecule has 0 saturated carbocycles. The summed E-state index contributed by atoms with van der Waals surface area (Å²) in [4.78, 5) is 0. The molecule has 0 radical (unpaired) electrons. The second kappa shape index (κ2) is 5.87. The van der Waals surface area contributed by atoms with Gasteiger partial charge in [0.05, 0.1) is 5.69 Å². The van der Waals surface area contributed by atoms with E-state index in [2.05, 4.69) is 66.5 Å². The zero-order valence-corrected chi connectivity index (χ0v) is 11.4. The van der Waals surface area contributed by atoms with E-state index in [0.717, 1.165) is 25.3 Å². The van der Waals surface area contributed by atoms with Gasteiger partial charge in [-0.1, -0.05) is 13.8 Å². The Morgan fingerprint density at radius 3 is 2.72 bits per heavy atom. The molecule has 2 rings (SSSR count). The fourth-order valence-corrected chi connectivity index (χ4v) is 1.97. The van der Waals surface area contributed by atoms with E-state index in [1.54, 1.807) is 0 Å². The van der Waals surface area contributed by atoms with Crippen molar-refractivity contribution >= 4 is 0 Å². The summed E-state index contributed by atoms with van der Waals surface area (Å²) in [5, 5.41) is 7.95. The molecule has 0 bridgehead atoms. The van der Waals surface area contributed by atoms with Gasteiger partial charge in [0.2, 0.25) is 0 Å². The van der Waals surface area contributed by atoms with Crippen molar-refractivity contribution in [1.29, 1.82) is 0 Å². The van der Waals surface area contributed by atoms with Gasteiger partial charge in [0.15, 0.2) is 0 Å². The molecule has 2 aromatic rings. The van der Waals surface area contributed by atoms with Gasteiger partial charge in [0.25, 0.3) is 0 Å². The van der Waals surface area contributed by atoms with E-state index in [0.29, 0.717) is 5.92 Å². The molecule has 4 nitrogen and oxygen atoms in total. The van der Waals surface area contributed by atoms with Crippen LogP contribution in [0.4, 0.5) is 0 Å². The van der Waals surface area contributed by atoms with Crippen LogP contribution in [0.2, 0.25) is 0 Å². The van der Waals surface area contributed by atoms with E-state index in [1.165, 1.54) is 5.69 Å². The van der Waals surface area contributed by atoms with Gasteiger partial charge in [-0.05, 0) is 24.1 Å². The number of rotatable bonds is 6. The highest BCUT2D eigenvalue weighted by atomic mass is 15.3. The molecule has 18 heavy (non-hydrogen) atoms. The Hall–Kier alpha value is -1.55. The van der Waals surface area contributed by atoms with Gasteiger partial charge < -0.3 is 9.88 Å². The lowest BCUT2D eigenvalue weighted by Gasteiger charge is -2.05. The highest BCUT2D eigenvalue weighted by Crippen LogP contribution is 2.02. The minimum Gasteiger partial charge on any atom is -0.353 e. The van der Waals surface area contributed by atoms with Crippen LogP contribution in [-0.4, -0.2) is 14.3 Å². The SMILES string of the molecule is CC(C)Cn1ccc(CNCc2cccn2C)n1. The van der Waals surface area contributed by atoms with Gasteiger partial charge in [0.1, 0.15) is 0 Å². The predicted octanol–water partition coefficient (Wildman–Crippen LogP) is 2.17. The largest absolute Gasteiger partial charge is 0.353 e. The molecule has 0 spiro atoms. The molecule has 0 aliphatic heterocycles. The van der Waals surface area contributed by atoms with Crippen molar-refractivity contribution in [3.8, 4) is 0 Å². The molecule has 1 N–H and O–H groups in total.